The van der Waals surface area contributed by atoms with Crippen molar-refractivity contribution in [2.75, 3.05) is 47.0 Å². The molecule has 0 bridgehead atoms. The third-order valence-electron chi connectivity index (χ3n) is 3.60. The standard InChI is InChI=1S/C17H27F3N4S.HI/c1-21-16(22-10-5-11-23(2)13-17(18,19)20)24(3)12-14-6-8-15(25-4)9-7-14;/h6-9H,5,10-13H2,1-4H3,(H,21,22);1H. The molecule has 0 saturated carbocycles. The molecule has 0 aliphatic carbocycles. The first-order valence-corrected chi connectivity index (χ1v) is 9.27. The molecule has 0 aromatic heterocycles. The zero-order chi connectivity index (χ0) is 18.9. The fraction of sp³-hybridized carbons (Fsp3) is 0.588. The van der Waals surface area contributed by atoms with Crippen LogP contribution in [0.2, 0.25) is 0 Å². The molecule has 0 aliphatic heterocycles. The summed E-state index contributed by atoms with van der Waals surface area (Å²) in [5, 5.41) is 3.19. The van der Waals surface area contributed by atoms with E-state index in [1.807, 2.05) is 18.2 Å². The lowest BCUT2D eigenvalue weighted by molar-refractivity contribution is -0.143. The van der Waals surface area contributed by atoms with Crippen molar-refractivity contribution in [3.63, 3.8) is 0 Å². The van der Waals surface area contributed by atoms with Gasteiger partial charge in [0.1, 0.15) is 0 Å². The average molecular weight is 504 g/mol. The second-order valence-corrected chi connectivity index (χ2v) is 6.76. The van der Waals surface area contributed by atoms with E-state index in [1.54, 1.807) is 18.8 Å². The van der Waals surface area contributed by atoms with Crippen LogP contribution >= 0.6 is 35.7 Å². The van der Waals surface area contributed by atoms with Crippen LogP contribution in [0, 0.1) is 0 Å². The first kappa shape index (κ1) is 25.3. The van der Waals surface area contributed by atoms with Gasteiger partial charge in [-0.2, -0.15) is 13.2 Å². The smallest absolute Gasteiger partial charge is 0.356 e. The lowest BCUT2D eigenvalue weighted by Crippen LogP contribution is -2.40. The van der Waals surface area contributed by atoms with E-state index in [1.165, 1.54) is 22.4 Å². The molecule has 0 heterocycles. The van der Waals surface area contributed by atoms with Crippen LogP contribution in [0.25, 0.3) is 0 Å². The highest BCUT2D eigenvalue weighted by Crippen LogP contribution is 2.16. The van der Waals surface area contributed by atoms with E-state index in [0.29, 0.717) is 26.1 Å². The summed E-state index contributed by atoms with van der Waals surface area (Å²) in [4.78, 5) is 8.72. The van der Waals surface area contributed by atoms with Crippen LogP contribution in [-0.2, 0) is 6.54 Å². The molecule has 0 spiro atoms. The zero-order valence-corrected chi connectivity index (χ0v) is 18.8. The molecule has 0 atom stereocenters. The zero-order valence-electron chi connectivity index (χ0n) is 15.6. The van der Waals surface area contributed by atoms with Gasteiger partial charge in [0.25, 0.3) is 0 Å². The molecule has 0 radical (unpaired) electrons. The maximum absolute atomic E-state index is 12.3. The van der Waals surface area contributed by atoms with Crippen molar-refractivity contribution in [1.82, 2.24) is 15.1 Å². The van der Waals surface area contributed by atoms with Crippen molar-refractivity contribution in [2.45, 2.75) is 24.0 Å². The number of thioether (sulfide) groups is 1. The van der Waals surface area contributed by atoms with Gasteiger partial charge in [0.05, 0.1) is 6.54 Å². The van der Waals surface area contributed by atoms with Gasteiger partial charge >= 0.3 is 6.18 Å². The predicted octanol–water partition coefficient (Wildman–Crippen LogP) is 3.92. The third-order valence-corrected chi connectivity index (χ3v) is 4.34. The van der Waals surface area contributed by atoms with Gasteiger partial charge in [-0.1, -0.05) is 12.1 Å². The van der Waals surface area contributed by atoms with E-state index in [-0.39, 0.29) is 24.0 Å². The van der Waals surface area contributed by atoms with Crippen LogP contribution in [0.15, 0.2) is 34.2 Å². The Bertz CT molecular complexity index is 538. The molecule has 0 fully saturated rings. The summed E-state index contributed by atoms with van der Waals surface area (Å²) in [6.45, 7) is 0.782. The van der Waals surface area contributed by atoms with Gasteiger partial charge < -0.3 is 10.2 Å². The highest BCUT2D eigenvalue weighted by molar-refractivity contribution is 14.0. The van der Waals surface area contributed by atoms with Gasteiger partial charge in [0, 0.05) is 32.1 Å². The second-order valence-electron chi connectivity index (χ2n) is 5.88. The number of aliphatic imine (C=N–C) groups is 1. The summed E-state index contributed by atoms with van der Waals surface area (Å²) in [6, 6.07) is 8.34. The summed E-state index contributed by atoms with van der Waals surface area (Å²) in [6.07, 6.45) is -1.49. The molecule has 0 amide bonds. The Kier molecular flexibility index (Phi) is 12.3. The number of hydrogen-bond donors (Lipinski definition) is 1. The van der Waals surface area contributed by atoms with Crippen molar-refractivity contribution in [2.24, 2.45) is 4.99 Å². The number of benzene rings is 1. The normalized spacial score (nSPS) is 12.1. The molecule has 1 aromatic rings. The van der Waals surface area contributed by atoms with E-state index >= 15 is 0 Å². The van der Waals surface area contributed by atoms with Crippen LogP contribution in [0.4, 0.5) is 13.2 Å². The number of hydrogen-bond acceptors (Lipinski definition) is 3. The van der Waals surface area contributed by atoms with Crippen LogP contribution in [0.5, 0.6) is 0 Å². The van der Waals surface area contributed by atoms with E-state index in [9.17, 15) is 13.2 Å². The molecule has 9 heteroatoms. The quantitative estimate of drug-likeness (QED) is 0.191. The molecule has 0 saturated heterocycles. The van der Waals surface area contributed by atoms with E-state index in [2.05, 4.69) is 34.6 Å². The predicted molar refractivity (Wildman–Crippen MR) is 115 cm³/mol. The van der Waals surface area contributed by atoms with Crippen molar-refractivity contribution < 1.29 is 13.2 Å². The largest absolute Gasteiger partial charge is 0.401 e. The van der Waals surface area contributed by atoms with Crippen molar-refractivity contribution in [3.8, 4) is 0 Å². The number of guanidine groups is 1. The van der Waals surface area contributed by atoms with Gasteiger partial charge in [0.15, 0.2) is 5.96 Å². The van der Waals surface area contributed by atoms with Gasteiger partial charge in [-0.05, 0) is 44.0 Å². The Morgan fingerprint density at radius 3 is 2.31 bits per heavy atom. The number of nitrogens with one attached hydrogen (secondary N) is 1. The minimum absolute atomic E-state index is 0. The maximum Gasteiger partial charge on any atom is 0.401 e. The van der Waals surface area contributed by atoms with Gasteiger partial charge in [-0.15, -0.1) is 35.7 Å². The number of alkyl halides is 3. The minimum atomic E-state index is -4.15. The molecule has 0 unspecified atom stereocenters. The summed E-state index contributed by atoms with van der Waals surface area (Å²) < 4.78 is 36.8. The third kappa shape index (κ3) is 10.5. The second kappa shape index (κ2) is 12.7. The first-order chi connectivity index (χ1) is 11.7. The number of nitrogens with zero attached hydrogens (tertiary/aromatic N) is 3. The van der Waals surface area contributed by atoms with Crippen LogP contribution in [0.3, 0.4) is 0 Å². The fourth-order valence-electron chi connectivity index (χ4n) is 2.40. The Morgan fingerprint density at radius 1 is 1.19 bits per heavy atom. The van der Waals surface area contributed by atoms with Crippen molar-refractivity contribution in [1.29, 1.82) is 0 Å². The average Bonchev–Trinajstić information content (AvgIpc) is 2.53. The number of halogens is 4. The number of rotatable bonds is 8. The molecule has 1 aromatic carbocycles. The Hall–Kier alpha value is -0.680. The SMILES string of the molecule is CN=C(NCCCN(C)CC(F)(F)F)N(C)Cc1ccc(SC)cc1.I. The van der Waals surface area contributed by atoms with Crippen LogP contribution in [0.1, 0.15) is 12.0 Å². The molecular weight excluding hydrogens is 476 g/mol. The Balaban J connectivity index is 0.00000625. The van der Waals surface area contributed by atoms with Crippen LogP contribution < -0.4 is 5.32 Å². The van der Waals surface area contributed by atoms with E-state index < -0.39 is 12.7 Å². The monoisotopic (exact) mass is 504 g/mol. The molecule has 150 valence electrons. The van der Waals surface area contributed by atoms with Gasteiger partial charge in [-0.3, -0.25) is 9.89 Å². The van der Waals surface area contributed by atoms with E-state index in [0.717, 1.165) is 5.96 Å². The topological polar surface area (TPSA) is 30.9 Å². The Labute approximate surface area is 175 Å². The van der Waals surface area contributed by atoms with Gasteiger partial charge in [-0.25, -0.2) is 0 Å². The highest BCUT2D eigenvalue weighted by Gasteiger charge is 2.28. The highest BCUT2D eigenvalue weighted by atomic mass is 127. The minimum Gasteiger partial charge on any atom is -0.356 e. The summed E-state index contributed by atoms with van der Waals surface area (Å²) in [7, 11) is 5.12. The molecule has 1 N–H and O–H groups in total. The Morgan fingerprint density at radius 2 is 1.81 bits per heavy atom. The van der Waals surface area contributed by atoms with Gasteiger partial charge in [0.2, 0.25) is 0 Å². The molecule has 0 aliphatic rings. The van der Waals surface area contributed by atoms with Crippen molar-refractivity contribution >= 4 is 41.7 Å². The molecule has 26 heavy (non-hydrogen) atoms. The lowest BCUT2D eigenvalue weighted by Gasteiger charge is -2.23. The maximum atomic E-state index is 12.3. The van der Waals surface area contributed by atoms with E-state index in [4.69, 9.17) is 0 Å². The first-order valence-electron chi connectivity index (χ1n) is 8.05. The van der Waals surface area contributed by atoms with Crippen molar-refractivity contribution in [3.05, 3.63) is 29.8 Å². The summed E-state index contributed by atoms with van der Waals surface area (Å²) in [5.74, 6) is 0.729. The molecular formula is C17H28F3IN4S. The van der Waals surface area contributed by atoms with Crippen LogP contribution in [-0.4, -0.2) is 69.0 Å². The molecule has 4 nitrogen and oxygen atoms in total. The fourth-order valence-corrected chi connectivity index (χ4v) is 2.81. The lowest BCUT2D eigenvalue weighted by atomic mass is 10.2. The summed E-state index contributed by atoms with van der Waals surface area (Å²) >= 11 is 1.70. The summed E-state index contributed by atoms with van der Waals surface area (Å²) in [5.41, 5.74) is 1.17. The molecule has 1 rings (SSSR count).